The molecular formula is C28H24N2O5. The van der Waals surface area contributed by atoms with Gasteiger partial charge in [-0.1, -0.05) is 42.0 Å². The van der Waals surface area contributed by atoms with E-state index in [9.17, 15) is 14.9 Å². The Balaban J connectivity index is 1.29. The van der Waals surface area contributed by atoms with Gasteiger partial charge in [-0.05, 0) is 66.6 Å². The summed E-state index contributed by atoms with van der Waals surface area (Å²) in [6.45, 7) is 2.79. The molecule has 0 radical (unpaired) electrons. The first-order valence-corrected chi connectivity index (χ1v) is 11.0. The molecule has 0 fully saturated rings. The minimum absolute atomic E-state index is 0.00595. The highest BCUT2D eigenvalue weighted by Gasteiger charge is 2.09. The van der Waals surface area contributed by atoms with Gasteiger partial charge in [-0.3, -0.25) is 10.1 Å². The lowest BCUT2D eigenvalue weighted by Gasteiger charge is -2.10. The molecule has 0 atom stereocenters. The maximum absolute atomic E-state index is 12.5. The molecule has 35 heavy (non-hydrogen) atoms. The van der Waals surface area contributed by atoms with Crippen molar-refractivity contribution in [2.75, 3.05) is 5.32 Å². The Morgan fingerprint density at radius 3 is 2.26 bits per heavy atom. The standard InChI is InChI=1S/C28H24N2O5/c1-20-5-11-24(12-6-20)29-18-21-7-9-23(10-8-21)28(31)34-19-22-3-2-4-27(17-22)35-26-15-13-25(14-16-26)30(32)33/h2-17,29H,18-19H2,1H3. The minimum atomic E-state index is -0.464. The van der Waals surface area contributed by atoms with Crippen LogP contribution in [0.2, 0.25) is 0 Å². The number of anilines is 1. The smallest absolute Gasteiger partial charge is 0.338 e. The number of rotatable bonds is 9. The number of nitrogens with one attached hydrogen (secondary N) is 1. The van der Waals surface area contributed by atoms with Crippen LogP contribution in [-0.2, 0) is 17.9 Å². The van der Waals surface area contributed by atoms with Crippen LogP contribution in [0, 0.1) is 17.0 Å². The van der Waals surface area contributed by atoms with Crippen LogP contribution >= 0.6 is 0 Å². The molecule has 7 heteroatoms. The van der Waals surface area contributed by atoms with Crippen molar-refractivity contribution in [3.8, 4) is 11.5 Å². The largest absolute Gasteiger partial charge is 0.457 e. The van der Waals surface area contributed by atoms with E-state index in [-0.39, 0.29) is 12.3 Å². The van der Waals surface area contributed by atoms with E-state index in [0.717, 1.165) is 16.8 Å². The molecule has 0 aromatic heterocycles. The van der Waals surface area contributed by atoms with Crippen LogP contribution in [-0.4, -0.2) is 10.9 Å². The van der Waals surface area contributed by atoms with Crippen molar-refractivity contribution in [3.63, 3.8) is 0 Å². The van der Waals surface area contributed by atoms with Gasteiger partial charge < -0.3 is 14.8 Å². The molecule has 0 spiro atoms. The molecule has 0 heterocycles. The molecule has 1 N–H and O–H groups in total. The number of carbonyl (C=O) groups excluding carboxylic acids is 1. The molecule has 0 saturated heterocycles. The van der Waals surface area contributed by atoms with Gasteiger partial charge in [-0.15, -0.1) is 0 Å². The quantitative estimate of drug-likeness (QED) is 0.168. The van der Waals surface area contributed by atoms with E-state index in [1.165, 1.54) is 29.8 Å². The average Bonchev–Trinajstić information content (AvgIpc) is 2.88. The third-order valence-corrected chi connectivity index (χ3v) is 5.29. The first kappa shape index (κ1) is 23.5. The number of ether oxygens (including phenoxy) is 2. The zero-order valence-electron chi connectivity index (χ0n) is 19.1. The third-order valence-electron chi connectivity index (χ3n) is 5.29. The average molecular weight is 469 g/mol. The molecule has 4 rings (SSSR count). The molecule has 0 saturated carbocycles. The van der Waals surface area contributed by atoms with Crippen molar-refractivity contribution in [1.82, 2.24) is 0 Å². The van der Waals surface area contributed by atoms with Crippen LogP contribution in [0.25, 0.3) is 0 Å². The summed E-state index contributed by atoms with van der Waals surface area (Å²) in [5.41, 5.74) is 4.53. The van der Waals surface area contributed by atoms with E-state index >= 15 is 0 Å². The fourth-order valence-electron chi connectivity index (χ4n) is 3.34. The lowest BCUT2D eigenvalue weighted by Crippen LogP contribution is -2.06. The molecule has 0 amide bonds. The number of carbonyl (C=O) groups is 1. The van der Waals surface area contributed by atoms with Crippen LogP contribution in [0.3, 0.4) is 0 Å². The monoisotopic (exact) mass is 468 g/mol. The Bertz CT molecular complexity index is 1300. The number of non-ortho nitro benzene ring substituents is 1. The Kier molecular flexibility index (Phi) is 7.37. The van der Waals surface area contributed by atoms with Crippen LogP contribution in [0.15, 0.2) is 97.1 Å². The zero-order valence-corrected chi connectivity index (χ0v) is 19.1. The summed E-state index contributed by atoms with van der Waals surface area (Å²) in [6, 6.07) is 28.4. The molecule has 4 aromatic carbocycles. The van der Waals surface area contributed by atoms with Crippen molar-refractivity contribution in [2.45, 2.75) is 20.1 Å². The molecule has 0 aliphatic carbocycles. The van der Waals surface area contributed by atoms with E-state index in [0.29, 0.717) is 23.6 Å². The Labute approximate surface area is 203 Å². The Morgan fingerprint density at radius 2 is 1.57 bits per heavy atom. The lowest BCUT2D eigenvalue weighted by molar-refractivity contribution is -0.384. The number of hydrogen-bond acceptors (Lipinski definition) is 6. The normalized spacial score (nSPS) is 10.4. The molecule has 7 nitrogen and oxygen atoms in total. The SMILES string of the molecule is Cc1ccc(NCc2ccc(C(=O)OCc3cccc(Oc4ccc([N+](=O)[O-])cc4)c3)cc2)cc1. The molecular weight excluding hydrogens is 444 g/mol. The first-order chi connectivity index (χ1) is 17.0. The summed E-state index contributed by atoms with van der Waals surface area (Å²) in [4.78, 5) is 22.8. The van der Waals surface area contributed by atoms with E-state index < -0.39 is 10.9 Å². The van der Waals surface area contributed by atoms with E-state index in [4.69, 9.17) is 9.47 Å². The molecule has 176 valence electrons. The molecule has 0 aliphatic rings. The number of hydrogen-bond donors (Lipinski definition) is 1. The predicted molar refractivity (Wildman–Crippen MR) is 134 cm³/mol. The molecule has 4 aromatic rings. The van der Waals surface area contributed by atoms with Gasteiger partial charge in [-0.25, -0.2) is 4.79 Å². The van der Waals surface area contributed by atoms with E-state index in [1.807, 2.05) is 37.3 Å². The van der Waals surface area contributed by atoms with Crippen molar-refractivity contribution >= 4 is 17.3 Å². The third kappa shape index (κ3) is 6.68. The highest BCUT2D eigenvalue weighted by atomic mass is 16.6. The second-order valence-electron chi connectivity index (χ2n) is 7.99. The van der Waals surface area contributed by atoms with Crippen LogP contribution in [0.4, 0.5) is 11.4 Å². The second kappa shape index (κ2) is 11.0. The maximum Gasteiger partial charge on any atom is 0.338 e. The fourth-order valence-corrected chi connectivity index (χ4v) is 3.34. The van der Waals surface area contributed by atoms with E-state index in [1.54, 1.807) is 30.3 Å². The van der Waals surface area contributed by atoms with Crippen molar-refractivity contribution in [2.24, 2.45) is 0 Å². The van der Waals surface area contributed by atoms with Gasteiger partial charge in [0.1, 0.15) is 18.1 Å². The summed E-state index contributed by atoms with van der Waals surface area (Å²) in [6.07, 6.45) is 0. The topological polar surface area (TPSA) is 90.7 Å². The number of nitrogens with zero attached hydrogens (tertiary/aromatic N) is 1. The summed E-state index contributed by atoms with van der Waals surface area (Å²) < 4.78 is 11.2. The van der Waals surface area contributed by atoms with Gasteiger partial charge in [0.25, 0.3) is 5.69 Å². The summed E-state index contributed by atoms with van der Waals surface area (Å²) in [5.74, 6) is 0.601. The number of nitro benzene ring substituents is 1. The number of benzene rings is 4. The van der Waals surface area contributed by atoms with Gasteiger partial charge in [0.05, 0.1) is 10.5 Å². The van der Waals surface area contributed by atoms with Crippen LogP contribution < -0.4 is 10.1 Å². The fraction of sp³-hybridized carbons (Fsp3) is 0.107. The van der Waals surface area contributed by atoms with Gasteiger partial charge in [-0.2, -0.15) is 0 Å². The summed E-state index contributed by atoms with van der Waals surface area (Å²) in [5, 5.41) is 14.1. The minimum Gasteiger partial charge on any atom is -0.457 e. The van der Waals surface area contributed by atoms with E-state index in [2.05, 4.69) is 17.4 Å². The zero-order chi connectivity index (χ0) is 24.6. The maximum atomic E-state index is 12.5. The van der Waals surface area contributed by atoms with Crippen molar-refractivity contribution in [1.29, 1.82) is 0 Å². The van der Waals surface area contributed by atoms with Crippen molar-refractivity contribution in [3.05, 3.63) is 129 Å². The number of nitro groups is 1. The van der Waals surface area contributed by atoms with Gasteiger partial charge in [0.15, 0.2) is 0 Å². The van der Waals surface area contributed by atoms with Gasteiger partial charge in [0, 0.05) is 24.4 Å². The molecule has 0 aliphatic heterocycles. The highest BCUT2D eigenvalue weighted by Crippen LogP contribution is 2.25. The second-order valence-corrected chi connectivity index (χ2v) is 7.99. The van der Waals surface area contributed by atoms with Gasteiger partial charge >= 0.3 is 5.97 Å². The number of aryl methyl sites for hydroxylation is 1. The van der Waals surface area contributed by atoms with Crippen LogP contribution in [0.1, 0.15) is 27.0 Å². The highest BCUT2D eigenvalue weighted by molar-refractivity contribution is 5.89. The lowest BCUT2D eigenvalue weighted by atomic mass is 10.1. The predicted octanol–water partition coefficient (Wildman–Crippen LogP) is 6.66. The summed E-state index contributed by atoms with van der Waals surface area (Å²) in [7, 11) is 0. The van der Waals surface area contributed by atoms with Crippen LogP contribution in [0.5, 0.6) is 11.5 Å². The Morgan fingerprint density at radius 1 is 0.857 bits per heavy atom. The molecule has 0 unspecified atom stereocenters. The van der Waals surface area contributed by atoms with Gasteiger partial charge in [0.2, 0.25) is 0 Å². The van der Waals surface area contributed by atoms with Crippen molar-refractivity contribution < 1.29 is 19.2 Å². The Hall–Kier alpha value is -4.65. The number of esters is 1. The summed E-state index contributed by atoms with van der Waals surface area (Å²) >= 11 is 0. The first-order valence-electron chi connectivity index (χ1n) is 11.0. The molecule has 0 bridgehead atoms.